The Labute approximate surface area is 610 Å². The van der Waals surface area contributed by atoms with Crippen molar-refractivity contribution in [2.24, 2.45) is 0 Å². The molecule has 36 nitrogen and oxygen atoms in total. The molecule has 15 N–H and O–H groups in total. The summed E-state index contributed by atoms with van der Waals surface area (Å²) in [6, 6.07) is -5.43. The van der Waals surface area contributed by atoms with Crippen LogP contribution in [0.1, 0.15) is 231 Å². The highest BCUT2D eigenvalue weighted by atomic mass is 16.7. The van der Waals surface area contributed by atoms with Crippen molar-refractivity contribution < 1.29 is 95.9 Å². The minimum atomic E-state index is -1.29. The average Bonchev–Trinajstić information content (AvgIpc) is 1.67. The minimum Gasteiger partial charge on any atom is -0.426 e. The molecular formula is C68H120N16O20. The lowest BCUT2D eigenvalue weighted by molar-refractivity contribution is -0.199. The SMILES string of the molecule is C.CC(=O)NCCCCC(NC(C)=O)C(=O)NCCCCC(NC(=O)C(CCCCNC(C)=O)NC(C)=O)C(=O)ON1C(=O)CCC1=O.CCNC(=O)C(CCCCNC(=O)OC(CCCCNC(=O)C(CCCCNC(C)=O)NC(C)=O)NC(=O)C(CCCCNC(C)=O)NC(C)=O)NC(=O)CC. The maximum atomic E-state index is 13.3. The number of hydrogen-bond acceptors (Lipinski definition) is 20. The van der Waals surface area contributed by atoms with Gasteiger partial charge in [-0.3, -0.25) is 76.7 Å². The predicted octanol–water partition coefficient (Wildman–Crippen LogP) is -0.112. The molecule has 17 amide bonds. The van der Waals surface area contributed by atoms with Crippen molar-refractivity contribution in [2.75, 3.05) is 52.4 Å². The van der Waals surface area contributed by atoms with Gasteiger partial charge in [0.1, 0.15) is 36.3 Å². The maximum Gasteiger partial charge on any atom is 0.409 e. The number of hydroxylamine groups is 2. The van der Waals surface area contributed by atoms with E-state index in [2.05, 4.69) is 79.8 Å². The lowest BCUT2D eigenvalue weighted by Crippen LogP contribution is -2.52. The van der Waals surface area contributed by atoms with E-state index >= 15 is 0 Å². The van der Waals surface area contributed by atoms with Gasteiger partial charge >= 0.3 is 12.1 Å². The summed E-state index contributed by atoms with van der Waals surface area (Å²) in [5.74, 6) is -7.22. The second-order valence-corrected chi connectivity index (χ2v) is 24.7. The summed E-state index contributed by atoms with van der Waals surface area (Å²) in [6.45, 7) is 17.0. The first-order valence-electron chi connectivity index (χ1n) is 35.6. The molecule has 1 fully saturated rings. The largest absolute Gasteiger partial charge is 0.426 e. The van der Waals surface area contributed by atoms with Gasteiger partial charge in [-0.15, -0.1) is 5.06 Å². The lowest BCUT2D eigenvalue weighted by atomic mass is 10.1. The summed E-state index contributed by atoms with van der Waals surface area (Å²) >= 11 is 0. The van der Waals surface area contributed by atoms with Crippen LogP contribution >= 0.6 is 0 Å². The second-order valence-electron chi connectivity index (χ2n) is 24.7. The summed E-state index contributed by atoms with van der Waals surface area (Å²) in [4.78, 5) is 223. The van der Waals surface area contributed by atoms with E-state index in [1.807, 2.05) is 0 Å². The molecule has 1 saturated heterocycles. The zero-order valence-electron chi connectivity index (χ0n) is 61.8. The Kier molecular flexibility index (Phi) is 53.7. The molecule has 0 aromatic carbocycles. The fourth-order valence-electron chi connectivity index (χ4n) is 10.1. The number of carbonyl (C=O) groups excluding carboxylic acids is 18. The van der Waals surface area contributed by atoms with Crippen LogP contribution in [0.3, 0.4) is 0 Å². The van der Waals surface area contributed by atoms with Gasteiger partial charge in [0.05, 0.1) is 0 Å². The van der Waals surface area contributed by atoms with Crippen LogP contribution in [0.25, 0.3) is 0 Å². The quantitative estimate of drug-likeness (QED) is 0.0215. The molecule has 0 saturated carbocycles. The highest BCUT2D eigenvalue weighted by molar-refractivity contribution is 6.02. The monoisotopic (exact) mass is 1480 g/mol. The van der Waals surface area contributed by atoms with E-state index in [1.165, 1.54) is 55.4 Å². The van der Waals surface area contributed by atoms with Crippen molar-refractivity contribution in [2.45, 2.75) is 273 Å². The molecule has 0 bridgehead atoms. The molecule has 1 aliphatic rings. The van der Waals surface area contributed by atoms with Gasteiger partial charge in [-0.05, 0) is 135 Å². The number of hydrogen-bond donors (Lipinski definition) is 15. The molecule has 0 aromatic rings. The fourth-order valence-corrected chi connectivity index (χ4v) is 10.1. The van der Waals surface area contributed by atoms with Gasteiger partial charge in [-0.1, -0.05) is 14.4 Å². The first-order valence-corrected chi connectivity index (χ1v) is 35.6. The lowest BCUT2D eigenvalue weighted by Gasteiger charge is -2.24. The number of nitrogens with zero attached hydrogens (tertiary/aromatic N) is 1. The number of carbonyl (C=O) groups is 18. The third-order valence-electron chi connectivity index (χ3n) is 15.2. The Balaban J connectivity index is 0. The Bertz CT molecular complexity index is 2760. The number of alkyl carbamates (subject to hydrolysis) is 1. The number of nitrogens with one attached hydrogen (secondary N) is 15. The first kappa shape index (κ1) is 96.5. The molecule has 36 heteroatoms. The van der Waals surface area contributed by atoms with Gasteiger partial charge in [0.2, 0.25) is 82.7 Å². The van der Waals surface area contributed by atoms with Crippen molar-refractivity contribution in [3.8, 4) is 0 Å². The molecule has 7 unspecified atom stereocenters. The number of unbranched alkanes of at least 4 members (excludes halogenated alkanes) is 7. The Hall–Kier alpha value is -9.54. The van der Waals surface area contributed by atoms with E-state index in [0.717, 1.165) is 0 Å². The zero-order chi connectivity index (χ0) is 77.7. The fraction of sp³-hybridized carbons (Fsp3) is 0.735. The van der Waals surface area contributed by atoms with Crippen molar-refractivity contribution in [1.29, 1.82) is 0 Å². The van der Waals surface area contributed by atoms with Crippen molar-refractivity contribution in [3.63, 3.8) is 0 Å². The third kappa shape index (κ3) is 49.9. The van der Waals surface area contributed by atoms with Crippen LogP contribution in [0.2, 0.25) is 0 Å². The van der Waals surface area contributed by atoms with Crippen LogP contribution in [0.4, 0.5) is 4.79 Å². The van der Waals surface area contributed by atoms with Crippen LogP contribution in [0.5, 0.6) is 0 Å². The molecule has 0 aliphatic carbocycles. The molecule has 0 spiro atoms. The molecule has 1 aliphatic heterocycles. The van der Waals surface area contributed by atoms with Crippen LogP contribution in [0.15, 0.2) is 0 Å². The van der Waals surface area contributed by atoms with E-state index < -0.39 is 95.9 Å². The standard InChI is InChI=1S/C37H67N9O10.C30H49N7O10.CH4/c1-7-32(51)45-30(34(52)38-8-2)18-11-15-24-42-37(55)56-33(46-36(54)31(44-28(6)50)19-10-14-22-40-26(4)48)20-12-16-23-41-35(53)29(43-27(5)49)17-9-13-21-39-25(3)47;1-19(38)31-16-8-5-11-23(34-21(3)40)28(44)33-18-10-7-13-25(30(46)47-37-26(42)14-15-27(37)43)36-29(45)24(35-22(4)41)12-6-9-17-32-20(2)39;/h29-31,33H,7-24H2,1-6H3,(H,38,52)(H,39,47)(H,40,48)(H,41,53)(H,42,55)(H,43,49)(H,44,50)(H,45,51)(H,46,54);23-25H,5-18H2,1-4H3,(H,31,38)(H,32,39)(H,33,44)(H,34,40)(H,35,41)(H,36,45);1H4. The molecular weight excluding hydrogens is 1360 g/mol. The number of amides is 17. The molecule has 0 radical (unpaired) electrons. The number of rotatable bonds is 52. The third-order valence-corrected chi connectivity index (χ3v) is 15.2. The van der Waals surface area contributed by atoms with E-state index in [4.69, 9.17) is 9.57 Å². The van der Waals surface area contributed by atoms with Gasteiger partial charge in [0.25, 0.3) is 11.8 Å². The van der Waals surface area contributed by atoms with E-state index in [1.54, 1.807) is 13.8 Å². The summed E-state index contributed by atoms with van der Waals surface area (Å²) in [6.07, 6.45) is 6.96. The van der Waals surface area contributed by atoms with Crippen molar-refractivity contribution >= 4 is 107 Å². The Morgan fingerprint density at radius 1 is 0.327 bits per heavy atom. The predicted molar refractivity (Wildman–Crippen MR) is 381 cm³/mol. The van der Waals surface area contributed by atoms with E-state index in [-0.39, 0.29) is 125 Å². The van der Waals surface area contributed by atoms with Crippen LogP contribution in [-0.2, 0) is 91.1 Å². The molecule has 1 rings (SSSR count). The highest BCUT2D eigenvalue weighted by Gasteiger charge is 2.36. The van der Waals surface area contributed by atoms with Crippen LogP contribution < -0.4 is 79.8 Å². The number of likely N-dealkylation sites (N-methyl/N-ethyl adjacent to an activating group) is 1. The molecule has 592 valence electrons. The van der Waals surface area contributed by atoms with Crippen molar-refractivity contribution in [1.82, 2.24) is 84.8 Å². The van der Waals surface area contributed by atoms with Gasteiger partial charge in [-0.2, -0.15) is 0 Å². The summed E-state index contributed by atoms with van der Waals surface area (Å²) in [5.41, 5.74) is 0. The average molecular weight is 1480 g/mol. The van der Waals surface area contributed by atoms with Crippen molar-refractivity contribution in [3.05, 3.63) is 0 Å². The van der Waals surface area contributed by atoms with E-state index in [9.17, 15) is 86.3 Å². The van der Waals surface area contributed by atoms with Gasteiger partial charge in [0, 0.05) is 133 Å². The first-order chi connectivity index (χ1) is 48.8. The summed E-state index contributed by atoms with van der Waals surface area (Å²) < 4.78 is 5.57. The second kappa shape index (κ2) is 57.9. The Morgan fingerprint density at radius 3 is 0.942 bits per heavy atom. The minimum absolute atomic E-state index is 0. The topological polar surface area (TPSA) is 509 Å². The van der Waals surface area contributed by atoms with Crippen LogP contribution in [-0.4, -0.2) is 206 Å². The van der Waals surface area contributed by atoms with Gasteiger partial charge in [0.15, 0.2) is 6.23 Å². The highest BCUT2D eigenvalue weighted by Crippen LogP contribution is 2.16. The smallest absolute Gasteiger partial charge is 0.409 e. The molecule has 104 heavy (non-hydrogen) atoms. The summed E-state index contributed by atoms with van der Waals surface area (Å²) in [5, 5.41) is 40.4. The van der Waals surface area contributed by atoms with E-state index in [0.29, 0.717) is 147 Å². The van der Waals surface area contributed by atoms with Gasteiger partial charge in [-0.25, -0.2) is 9.59 Å². The molecule has 0 aromatic heterocycles. The molecule has 1 heterocycles. The number of ether oxygens (including phenoxy) is 1. The molecule has 7 atom stereocenters. The maximum absolute atomic E-state index is 13.3. The normalized spacial score (nSPS) is 13.3. The van der Waals surface area contributed by atoms with Crippen LogP contribution in [0, 0.1) is 0 Å². The van der Waals surface area contributed by atoms with Gasteiger partial charge < -0.3 is 89.3 Å². The summed E-state index contributed by atoms with van der Waals surface area (Å²) in [7, 11) is 0. The Morgan fingerprint density at radius 2 is 0.615 bits per heavy atom. The zero-order valence-corrected chi connectivity index (χ0v) is 61.8. The number of imide groups is 1.